The Morgan fingerprint density at radius 3 is 2.38 bits per heavy atom. The van der Waals surface area contributed by atoms with Gasteiger partial charge in [0.1, 0.15) is 0 Å². The van der Waals surface area contributed by atoms with Crippen LogP contribution in [-0.4, -0.2) is 42.9 Å². The van der Waals surface area contributed by atoms with E-state index in [2.05, 4.69) is 15.6 Å². The van der Waals surface area contributed by atoms with Gasteiger partial charge in [-0.15, -0.1) is 0 Å². The largest absolute Gasteiger partial charge is 0.416 e. The van der Waals surface area contributed by atoms with Gasteiger partial charge in [0.25, 0.3) is 0 Å². The molecule has 1 fully saturated rings. The smallest absolute Gasteiger partial charge is 0.357 e. The maximum absolute atomic E-state index is 12.6. The second-order valence-electron chi connectivity index (χ2n) is 6.15. The summed E-state index contributed by atoms with van der Waals surface area (Å²) in [5.74, 6) is 0.676. The highest BCUT2D eigenvalue weighted by molar-refractivity contribution is 5.81. The molecule has 0 saturated carbocycles. The quantitative estimate of drug-likeness (QED) is 0.598. The summed E-state index contributed by atoms with van der Waals surface area (Å²) in [5.41, 5.74) is 0.0130. The first-order chi connectivity index (χ1) is 12.4. The van der Waals surface area contributed by atoms with E-state index in [-0.39, 0.29) is 12.5 Å². The Kier molecular flexibility index (Phi) is 7.29. The van der Waals surface area contributed by atoms with Crippen molar-refractivity contribution in [1.29, 1.82) is 0 Å². The van der Waals surface area contributed by atoms with Crippen LogP contribution in [0.2, 0.25) is 0 Å². The van der Waals surface area contributed by atoms with Crippen molar-refractivity contribution in [3.63, 3.8) is 0 Å². The second-order valence-corrected chi connectivity index (χ2v) is 6.15. The van der Waals surface area contributed by atoms with Gasteiger partial charge >= 0.3 is 6.18 Å². The summed E-state index contributed by atoms with van der Waals surface area (Å²) in [6, 6.07) is 4.96. The molecular weight excluding hydrogens is 345 g/mol. The van der Waals surface area contributed by atoms with Gasteiger partial charge < -0.3 is 15.5 Å². The van der Waals surface area contributed by atoms with E-state index in [0.717, 1.165) is 38.1 Å². The van der Waals surface area contributed by atoms with Crippen LogP contribution in [0.5, 0.6) is 0 Å². The van der Waals surface area contributed by atoms with Crippen molar-refractivity contribution in [1.82, 2.24) is 15.5 Å². The normalized spacial score (nSPS) is 15.2. The third kappa shape index (κ3) is 6.24. The molecule has 1 amide bonds. The molecule has 5 nitrogen and oxygen atoms in total. The molecule has 1 heterocycles. The lowest BCUT2D eigenvalue weighted by atomic mass is 10.1. The number of aliphatic imine (C=N–C) groups is 1. The molecule has 0 aromatic heterocycles. The number of nitrogens with one attached hydrogen (secondary N) is 2. The van der Waals surface area contributed by atoms with Gasteiger partial charge in [0, 0.05) is 32.6 Å². The molecule has 0 atom stereocenters. The van der Waals surface area contributed by atoms with E-state index >= 15 is 0 Å². The number of rotatable bonds is 6. The van der Waals surface area contributed by atoms with E-state index in [4.69, 9.17) is 0 Å². The van der Waals surface area contributed by atoms with Gasteiger partial charge in [-0.25, -0.2) is 4.99 Å². The van der Waals surface area contributed by atoms with Gasteiger partial charge in [-0.1, -0.05) is 12.1 Å². The Hall–Kier alpha value is -2.25. The molecule has 8 heteroatoms. The lowest BCUT2D eigenvalue weighted by molar-refractivity contribution is -0.137. The van der Waals surface area contributed by atoms with E-state index in [1.807, 2.05) is 11.8 Å². The van der Waals surface area contributed by atoms with Crippen molar-refractivity contribution in [2.24, 2.45) is 4.99 Å². The van der Waals surface area contributed by atoms with Gasteiger partial charge in [0.05, 0.1) is 12.1 Å². The molecule has 1 aromatic carbocycles. The zero-order chi connectivity index (χ0) is 19.0. The maximum Gasteiger partial charge on any atom is 0.416 e. The molecule has 2 rings (SSSR count). The molecule has 2 N–H and O–H groups in total. The summed E-state index contributed by atoms with van der Waals surface area (Å²) < 4.78 is 37.7. The van der Waals surface area contributed by atoms with Crippen LogP contribution in [0.4, 0.5) is 13.2 Å². The minimum absolute atomic E-state index is 0.133. The van der Waals surface area contributed by atoms with Crippen LogP contribution < -0.4 is 10.6 Å². The molecule has 0 aliphatic carbocycles. The van der Waals surface area contributed by atoms with E-state index in [9.17, 15) is 18.0 Å². The molecule has 0 unspecified atom stereocenters. The van der Waals surface area contributed by atoms with Crippen LogP contribution in [0.1, 0.15) is 37.3 Å². The summed E-state index contributed by atoms with van der Waals surface area (Å²) in [6.45, 7) is 4.97. The third-order valence-corrected chi connectivity index (χ3v) is 4.14. The summed E-state index contributed by atoms with van der Waals surface area (Å²) in [4.78, 5) is 18.2. The van der Waals surface area contributed by atoms with Gasteiger partial charge in [-0.05, 0) is 37.5 Å². The number of nitrogens with zero attached hydrogens (tertiary/aromatic N) is 2. The predicted octanol–water partition coefficient (Wildman–Crippen LogP) is 2.77. The van der Waals surface area contributed by atoms with Crippen LogP contribution in [0.3, 0.4) is 0 Å². The second kappa shape index (κ2) is 9.45. The highest BCUT2D eigenvalue weighted by atomic mass is 19.4. The van der Waals surface area contributed by atoms with Gasteiger partial charge in [-0.3, -0.25) is 4.79 Å². The number of hydrogen-bond donors (Lipinski definition) is 2. The summed E-state index contributed by atoms with van der Waals surface area (Å²) in [6.07, 6.45) is -1.81. The minimum atomic E-state index is -4.33. The first-order valence-corrected chi connectivity index (χ1v) is 8.86. The fourth-order valence-corrected chi connectivity index (χ4v) is 2.72. The summed E-state index contributed by atoms with van der Waals surface area (Å²) in [7, 11) is 0. The molecule has 1 aliphatic rings. The number of guanidine groups is 1. The number of benzene rings is 1. The average molecular weight is 370 g/mol. The molecule has 144 valence electrons. The lowest BCUT2D eigenvalue weighted by Crippen LogP contribution is -2.39. The van der Waals surface area contributed by atoms with Gasteiger partial charge in [0.15, 0.2) is 5.96 Å². The van der Waals surface area contributed by atoms with E-state index in [0.29, 0.717) is 31.0 Å². The number of carbonyl (C=O) groups excluding carboxylic acids is 1. The van der Waals surface area contributed by atoms with Crippen molar-refractivity contribution in [2.75, 3.05) is 26.2 Å². The zero-order valence-electron chi connectivity index (χ0n) is 14.9. The summed E-state index contributed by atoms with van der Waals surface area (Å²) >= 11 is 0. The van der Waals surface area contributed by atoms with Crippen molar-refractivity contribution in [3.05, 3.63) is 35.4 Å². The average Bonchev–Trinajstić information content (AvgIpc) is 3.14. The van der Waals surface area contributed by atoms with E-state index < -0.39 is 11.7 Å². The van der Waals surface area contributed by atoms with Crippen LogP contribution in [0, 0.1) is 0 Å². The standard InChI is InChI=1S/C18H25F3N4O/c1-2-22-17(23-10-9-16(26)25-11-3-4-12-25)24-13-14-5-7-15(8-6-14)18(19,20)21/h5-8H,2-4,9-13H2,1H3,(H2,22,23,24). The molecule has 0 spiro atoms. The van der Waals surface area contributed by atoms with Crippen LogP contribution in [0.15, 0.2) is 29.3 Å². The molecular formula is C18H25F3N4O. The molecule has 26 heavy (non-hydrogen) atoms. The van der Waals surface area contributed by atoms with Crippen LogP contribution >= 0.6 is 0 Å². The monoisotopic (exact) mass is 370 g/mol. The van der Waals surface area contributed by atoms with E-state index in [1.54, 1.807) is 0 Å². The highest BCUT2D eigenvalue weighted by Gasteiger charge is 2.29. The van der Waals surface area contributed by atoms with Crippen molar-refractivity contribution in [3.8, 4) is 0 Å². The lowest BCUT2D eigenvalue weighted by Gasteiger charge is -2.16. The first kappa shape index (κ1) is 20.1. The highest BCUT2D eigenvalue weighted by Crippen LogP contribution is 2.29. The van der Waals surface area contributed by atoms with Crippen molar-refractivity contribution >= 4 is 11.9 Å². The van der Waals surface area contributed by atoms with Gasteiger partial charge in [0.2, 0.25) is 5.91 Å². The Morgan fingerprint density at radius 1 is 1.15 bits per heavy atom. The van der Waals surface area contributed by atoms with Crippen molar-refractivity contribution in [2.45, 2.75) is 38.9 Å². The van der Waals surface area contributed by atoms with Gasteiger partial charge in [-0.2, -0.15) is 13.2 Å². The summed E-state index contributed by atoms with van der Waals surface area (Å²) in [5, 5.41) is 6.16. The molecule has 1 saturated heterocycles. The SMILES string of the molecule is CCNC(=NCc1ccc(C(F)(F)F)cc1)NCCC(=O)N1CCCC1. The minimum Gasteiger partial charge on any atom is -0.357 e. The predicted molar refractivity (Wildman–Crippen MR) is 94.7 cm³/mol. The van der Waals surface area contributed by atoms with Crippen molar-refractivity contribution < 1.29 is 18.0 Å². The van der Waals surface area contributed by atoms with Crippen LogP contribution in [-0.2, 0) is 17.5 Å². The van der Waals surface area contributed by atoms with Crippen LogP contribution in [0.25, 0.3) is 0 Å². The fourth-order valence-electron chi connectivity index (χ4n) is 2.72. The molecule has 0 radical (unpaired) electrons. The Bertz CT molecular complexity index is 608. The topological polar surface area (TPSA) is 56.7 Å². The number of halogens is 3. The first-order valence-electron chi connectivity index (χ1n) is 8.86. The number of hydrogen-bond acceptors (Lipinski definition) is 2. The zero-order valence-corrected chi connectivity index (χ0v) is 14.9. The molecule has 1 aliphatic heterocycles. The Balaban J connectivity index is 1.84. The maximum atomic E-state index is 12.6. The third-order valence-electron chi connectivity index (χ3n) is 4.14. The Morgan fingerprint density at radius 2 is 1.81 bits per heavy atom. The molecule has 1 aromatic rings. The number of likely N-dealkylation sites (tertiary alicyclic amines) is 1. The fraction of sp³-hybridized carbons (Fsp3) is 0.556. The molecule has 0 bridgehead atoms. The number of carbonyl (C=O) groups is 1. The number of amides is 1. The van der Waals surface area contributed by atoms with E-state index in [1.165, 1.54) is 12.1 Å². The number of alkyl halides is 3. The Labute approximate surface area is 151 Å².